The summed E-state index contributed by atoms with van der Waals surface area (Å²) < 4.78 is 9.52. The first-order valence-electron chi connectivity index (χ1n) is 7.26. The number of hydrogen-bond acceptors (Lipinski definition) is 9. The number of aliphatic carboxylic acids is 1. The van der Waals surface area contributed by atoms with E-state index < -0.39 is 42.3 Å². The van der Waals surface area contributed by atoms with E-state index in [1.54, 1.807) is 6.92 Å². The van der Waals surface area contributed by atoms with Gasteiger partial charge in [0.1, 0.15) is 6.61 Å². The van der Waals surface area contributed by atoms with Crippen LogP contribution < -0.4 is 5.73 Å². The number of esters is 2. The fraction of sp³-hybridized carbons (Fsp3) is 0.786. The fourth-order valence-electron chi connectivity index (χ4n) is 1.14. The van der Waals surface area contributed by atoms with E-state index in [9.17, 15) is 19.5 Å². The van der Waals surface area contributed by atoms with E-state index in [-0.39, 0.29) is 26.0 Å². The van der Waals surface area contributed by atoms with Gasteiger partial charge in [-0.05, 0) is 20.3 Å². The molecule has 0 radical (unpaired) electrons. The molecule has 0 amide bonds. The fourth-order valence-corrected chi connectivity index (χ4v) is 1.14. The first-order valence-corrected chi connectivity index (χ1v) is 7.26. The minimum Gasteiger partial charge on any atom is -0.480 e. The highest BCUT2D eigenvalue weighted by molar-refractivity contribution is 5.74. The van der Waals surface area contributed by atoms with E-state index in [4.69, 9.17) is 24.8 Å². The third-order valence-electron chi connectivity index (χ3n) is 2.32. The number of carboxylic acids is 1. The highest BCUT2D eigenvalue weighted by atomic mass is 16.6. The Morgan fingerprint density at radius 1 is 1.25 bits per heavy atom. The van der Waals surface area contributed by atoms with E-state index in [0.29, 0.717) is 0 Å². The van der Waals surface area contributed by atoms with Crippen LogP contribution in [-0.2, 0) is 23.9 Å². The number of rotatable bonds is 9. The molecular formula is C14H27NO9. The molecule has 24 heavy (non-hydrogen) atoms. The van der Waals surface area contributed by atoms with Crippen molar-refractivity contribution in [3.63, 3.8) is 0 Å². The lowest BCUT2D eigenvalue weighted by atomic mass is 10.1. The summed E-state index contributed by atoms with van der Waals surface area (Å²) in [5.41, 5.74) is 3.36. The Morgan fingerprint density at radius 2 is 1.75 bits per heavy atom. The predicted octanol–water partition coefficient (Wildman–Crippen LogP) is -1.60. The van der Waals surface area contributed by atoms with Gasteiger partial charge in [-0.25, -0.2) is 4.79 Å². The highest BCUT2D eigenvalue weighted by Crippen LogP contribution is 2.09. The smallest absolute Gasteiger partial charge is 0.335 e. The molecule has 0 spiro atoms. The first-order chi connectivity index (χ1) is 11.0. The van der Waals surface area contributed by atoms with Crippen LogP contribution in [0.4, 0.5) is 0 Å². The topological polar surface area (TPSA) is 177 Å². The Hall–Kier alpha value is -1.75. The molecule has 2 atom stereocenters. The molecule has 6 N–H and O–H groups in total. The van der Waals surface area contributed by atoms with Crippen LogP contribution in [0.2, 0.25) is 0 Å². The molecule has 0 fully saturated rings. The average Bonchev–Trinajstić information content (AvgIpc) is 2.48. The molecular weight excluding hydrogens is 326 g/mol. The van der Waals surface area contributed by atoms with E-state index in [0.717, 1.165) is 0 Å². The summed E-state index contributed by atoms with van der Waals surface area (Å²) in [4.78, 5) is 31.8. The third-order valence-corrected chi connectivity index (χ3v) is 2.32. The number of carbonyl (C=O) groups excluding carboxylic acids is 2. The number of ether oxygens (including phenoxy) is 2. The standard InChI is InChI=1S/C12H22O7.C2H5NO2/c1-4-9(14)11(16)18-7-8(6-13)19-10(15)5-12(2,3)17;3-1-2(4)5/h8-9,13-14,17H,4-7H2,1-3H3;1,3H2,(H,4,5). The van der Waals surface area contributed by atoms with Crippen LogP contribution in [0.1, 0.15) is 33.6 Å². The molecule has 0 aliphatic carbocycles. The summed E-state index contributed by atoms with van der Waals surface area (Å²) in [5, 5.41) is 35.2. The summed E-state index contributed by atoms with van der Waals surface area (Å²) in [6.45, 7) is 3.36. The summed E-state index contributed by atoms with van der Waals surface area (Å²) in [6, 6.07) is 0. The Balaban J connectivity index is 0. The van der Waals surface area contributed by atoms with Gasteiger partial charge in [-0.15, -0.1) is 0 Å². The molecule has 0 aliphatic heterocycles. The zero-order valence-corrected chi connectivity index (χ0v) is 14.1. The van der Waals surface area contributed by atoms with Crippen LogP contribution in [-0.4, -0.2) is 75.9 Å². The van der Waals surface area contributed by atoms with Crippen LogP contribution in [0.25, 0.3) is 0 Å². The lowest BCUT2D eigenvalue weighted by molar-refractivity contribution is -0.168. The summed E-state index contributed by atoms with van der Waals surface area (Å²) in [6.07, 6.45) is -2.27. The van der Waals surface area contributed by atoms with E-state index in [1.165, 1.54) is 13.8 Å². The Bertz CT molecular complexity index is 392. The summed E-state index contributed by atoms with van der Waals surface area (Å²) in [5.74, 6) is -2.51. The zero-order chi connectivity index (χ0) is 19.3. The van der Waals surface area contributed by atoms with Crippen molar-refractivity contribution in [3.8, 4) is 0 Å². The molecule has 0 aromatic rings. The number of nitrogens with two attached hydrogens (primary N) is 1. The zero-order valence-electron chi connectivity index (χ0n) is 14.1. The second-order valence-electron chi connectivity index (χ2n) is 5.44. The molecule has 0 heterocycles. The quantitative estimate of drug-likeness (QED) is 0.303. The van der Waals surface area contributed by atoms with Crippen molar-refractivity contribution >= 4 is 17.9 Å². The normalized spacial score (nSPS) is 13.1. The average molecular weight is 353 g/mol. The highest BCUT2D eigenvalue weighted by Gasteiger charge is 2.23. The minimum atomic E-state index is -1.23. The van der Waals surface area contributed by atoms with Gasteiger partial charge < -0.3 is 35.6 Å². The van der Waals surface area contributed by atoms with Gasteiger partial charge in [-0.3, -0.25) is 9.59 Å². The van der Waals surface area contributed by atoms with Crippen LogP contribution in [0.5, 0.6) is 0 Å². The summed E-state index contributed by atoms with van der Waals surface area (Å²) >= 11 is 0. The maximum atomic E-state index is 11.4. The molecule has 2 unspecified atom stereocenters. The number of aliphatic hydroxyl groups excluding tert-OH is 2. The van der Waals surface area contributed by atoms with E-state index >= 15 is 0 Å². The molecule has 0 aliphatic rings. The monoisotopic (exact) mass is 353 g/mol. The summed E-state index contributed by atoms with van der Waals surface area (Å²) in [7, 11) is 0. The van der Waals surface area contributed by atoms with Crippen LogP contribution in [0, 0.1) is 0 Å². The van der Waals surface area contributed by atoms with Gasteiger partial charge in [-0.2, -0.15) is 0 Å². The number of aliphatic hydroxyl groups is 3. The van der Waals surface area contributed by atoms with Crippen molar-refractivity contribution in [2.45, 2.75) is 51.4 Å². The van der Waals surface area contributed by atoms with Gasteiger partial charge in [-0.1, -0.05) is 6.92 Å². The molecule has 10 nitrogen and oxygen atoms in total. The second-order valence-corrected chi connectivity index (χ2v) is 5.44. The van der Waals surface area contributed by atoms with Gasteiger partial charge in [0.05, 0.1) is 25.2 Å². The largest absolute Gasteiger partial charge is 0.480 e. The lowest BCUT2D eigenvalue weighted by Gasteiger charge is -2.20. The van der Waals surface area contributed by atoms with Crippen molar-refractivity contribution in [1.82, 2.24) is 0 Å². The van der Waals surface area contributed by atoms with E-state index in [1.807, 2.05) is 0 Å². The van der Waals surface area contributed by atoms with E-state index in [2.05, 4.69) is 5.73 Å². The third kappa shape index (κ3) is 15.2. The maximum Gasteiger partial charge on any atom is 0.335 e. The Morgan fingerprint density at radius 3 is 2.08 bits per heavy atom. The van der Waals surface area contributed by atoms with Crippen molar-refractivity contribution in [2.24, 2.45) is 5.73 Å². The van der Waals surface area contributed by atoms with Gasteiger partial charge in [0.15, 0.2) is 12.2 Å². The van der Waals surface area contributed by atoms with Gasteiger partial charge in [0.2, 0.25) is 0 Å². The molecule has 0 aromatic heterocycles. The molecule has 10 heteroatoms. The second kappa shape index (κ2) is 12.6. The SMILES string of the molecule is CCC(O)C(=O)OCC(CO)OC(=O)CC(C)(C)O.NCC(=O)O. The maximum absolute atomic E-state index is 11.4. The molecule has 0 rings (SSSR count). The van der Waals surface area contributed by atoms with Gasteiger partial charge in [0, 0.05) is 0 Å². The number of carboxylic acid groups (broad SMARTS) is 1. The minimum absolute atomic E-state index is 0.209. The van der Waals surface area contributed by atoms with Crippen LogP contribution >= 0.6 is 0 Å². The van der Waals surface area contributed by atoms with Gasteiger partial charge in [0.25, 0.3) is 0 Å². The lowest BCUT2D eigenvalue weighted by Crippen LogP contribution is -2.33. The molecule has 0 saturated carbocycles. The van der Waals surface area contributed by atoms with Crippen molar-refractivity contribution in [3.05, 3.63) is 0 Å². The number of hydrogen-bond donors (Lipinski definition) is 5. The Kier molecular flexibility index (Phi) is 12.9. The Labute approximate surface area is 140 Å². The van der Waals surface area contributed by atoms with Crippen molar-refractivity contribution in [2.75, 3.05) is 19.8 Å². The molecule has 0 saturated heterocycles. The molecule has 0 bridgehead atoms. The van der Waals surface area contributed by atoms with Gasteiger partial charge >= 0.3 is 17.9 Å². The van der Waals surface area contributed by atoms with Crippen molar-refractivity contribution < 1.29 is 44.3 Å². The first kappa shape index (κ1) is 24.5. The predicted molar refractivity (Wildman–Crippen MR) is 81.8 cm³/mol. The number of carbonyl (C=O) groups is 3. The van der Waals surface area contributed by atoms with Crippen LogP contribution in [0.3, 0.4) is 0 Å². The van der Waals surface area contributed by atoms with Crippen molar-refractivity contribution in [1.29, 1.82) is 0 Å². The van der Waals surface area contributed by atoms with Crippen LogP contribution in [0.15, 0.2) is 0 Å². The molecule has 142 valence electrons. The molecule has 0 aromatic carbocycles.